The third-order valence-electron chi connectivity index (χ3n) is 3.76. The smallest absolute Gasteiger partial charge is 0.227 e. The number of amides is 2. The molecule has 0 spiro atoms. The van der Waals surface area contributed by atoms with Gasteiger partial charge in [0.25, 0.3) is 0 Å². The van der Waals surface area contributed by atoms with Crippen molar-refractivity contribution in [3.8, 4) is 5.75 Å². The molecule has 25 heavy (non-hydrogen) atoms. The predicted molar refractivity (Wildman–Crippen MR) is 100 cm³/mol. The van der Waals surface area contributed by atoms with Gasteiger partial charge in [0.05, 0.1) is 13.0 Å². The minimum absolute atomic E-state index is 0.131. The lowest BCUT2D eigenvalue weighted by atomic mass is 10.1. The molecule has 0 radical (unpaired) electrons. The van der Waals surface area contributed by atoms with E-state index in [0.717, 1.165) is 17.7 Å². The molecule has 0 heterocycles. The minimum atomic E-state index is -0.149. The van der Waals surface area contributed by atoms with E-state index in [1.54, 1.807) is 12.1 Å². The van der Waals surface area contributed by atoms with Gasteiger partial charge in [-0.1, -0.05) is 25.1 Å². The molecule has 0 bridgehead atoms. The lowest BCUT2D eigenvalue weighted by Gasteiger charge is -2.11. The van der Waals surface area contributed by atoms with E-state index in [4.69, 9.17) is 4.74 Å². The molecule has 0 unspecified atom stereocenters. The Balaban J connectivity index is 1.86. The summed E-state index contributed by atoms with van der Waals surface area (Å²) in [6, 6.07) is 13.3. The standard InChI is InChI=1S/C20H24N2O3/c1-4-16-6-9-18(10-7-16)25-12-11-20(24)22-19-13-17(21-15(3)23)8-5-14(19)2/h5-10,13H,4,11-12H2,1-3H3,(H,21,23)(H,22,24). The molecule has 2 N–H and O–H groups in total. The van der Waals surface area contributed by atoms with E-state index in [0.29, 0.717) is 18.0 Å². The van der Waals surface area contributed by atoms with Crippen molar-refractivity contribution in [2.24, 2.45) is 0 Å². The maximum atomic E-state index is 12.1. The van der Waals surface area contributed by atoms with Crippen molar-refractivity contribution < 1.29 is 14.3 Å². The number of ether oxygens (including phenoxy) is 1. The molecule has 2 amide bonds. The summed E-state index contributed by atoms with van der Waals surface area (Å²) in [6.45, 7) is 5.76. The van der Waals surface area contributed by atoms with Crippen LogP contribution in [0.4, 0.5) is 11.4 Å². The summed E-state index contributed by atoms with van der Waals surface area (Å²) in [5, 5.41) is 5.56. The zero-order chi connectivity index (χ0) is 18.2. The van der Waals surface area contributed by atoms with Crippen LogP contribution in [0.25, 0.3) is 0 Å². The molecule has 2 rings (SSSR count). The molecular weight excluding hydrogens is 316 g/mol. The number of rotatable bonds is 7. The molecule has 0 aliphatic heterocycles. The van der Waals surface area contributed by atoms with Crippen molar-refractivity contribution >= 4 is 23.2 Å². The third-order valence-corrected chi connectivity index (χ3v) is 3.76. The van der Waals surface area contributed by atoms with E-state index < -0.39 is 0 Å². The molecular formula is C20H24N2O3. The number of nitrogens with one attached hydrogen (secondary N) is 2. The van der Waals surface area contributed by atoms with Crippen LogP contribution in [-0.4, -0.2) is 18.4 Å². The predicted octanol–water partition coefficient (Wildman–Crippen LogP) is 3.92. The summed E-state index contributed by atoms with van der Waals surface area (Å²) in [4.78, 5) is 23.2. The highest BCUT2D eigenvalue weighted by atomic mass is 16.5. The summed E-state index contributed by atoms with van der Waals surface area (Å²) in [6.07, 6.45) is 1.24. The fourth-order valence-corrected chi connectivity index (χ4v) is 2.33. The Kier molecular flexibility index (Phi) is 6.57. The second kappa shape index (κ2) is 8.87. The van der Waals surface area contributed by atoms with Crippen LogP contribution in [0.5, 0.6) is 5.75 Å². The first-order chi connectivity index (χ1) is 12.0. The van der Waals surface area contributed by atoms with Gasteiger partial charge >= 0.3 is 0 Å². The molecule has 0 aromatic heterocycles. The summed E-state index contributed by atoms with van der Waals surface area (Å²) >= 11 is 0. The molecule has 0 atom stereocenters. The maximum absolute atomic E-state index is 12.1. The monoisotopic (exact) mass is 340 g/mol. The van der Waals surface area contributed by atoms with E-state index in [1.807, 2.05) is 37.3 Å². The van der Waals surface area contributed by atoms with Gasteiger partial charge < -0.3 is 15.4 Å². The number of carbonyl (C=O) groups is 2. The van der Waals surface area contributed by atoms with Crippen molar-refractivity contribution in [1.29, 1.82) is 0 Å². The van der Waals surface area contributed by atoms with Gasteiger partial charge in [-0.05, 0) is 48.7 Å². The Labute approximate surface area is 148 Å². The Morgan fingerprint density at radius 2 is 1.76 bits per heavy atom. The van der Waals surface area contributed by atoms with Crippen LogP contribution in [0.2, 0.25) is 0 Å². The zero-order valence-electron chi connectivity index (χ0n) is 14.9. The maximum Gasteiger partial charge on any atom is 0.227 e. The van der Waals surface area contributed by atoms with Gasteiger partial charge in [-0.2, -0.15) is 0 Å². The van der Waals surface area contributed by atoms with Crippen LogP contribution in [-0.2, 0) is 16.0 Å². The van der Waals surface area contributed by atoms with Crippen molar-refractivity contribution in [2.75, 3.05) is 17.2 Å². The van der Waals surface area contributed by atoms with Crippen molar-refractivity contribution in [3.05, 3.63) is 53.6 Å². The highest BCUT2D eigenvalue weighted by molar-refractivity contribution is 5.94. The number of benzene rings is 2. The van der Waals surface area contributed by atoms with Gasteiger partial charge in [-0.25, -0.2) is 0 Å². The molecule has 2 aromatic rings. The van der Waals surface area contributed by atoms with Gasteiger partial charge in [0.2, 0.25) is 11.8 Å². The minimum Gasteiger partial charge on any atom is -0.493 e. The summed E-state index contributed by atoms with van der Waals surface area (Å²) < 4.78 is 5.60. The van der Waals surface area contributed by atoms with Crippen molar-refractivity contribution in [3.63, 3.8) is 0 Å². The fourth-order valence-electron chi connectivity index (χ4n) is 2.33. The average molecular weight is 340 g/mol. The number of hydrogen-bond donors (Lipinski definition) is 2. The van der Waals surface area contributed by atoms with Crippen molar-refractivity contribution in [1.82, 2.24) is 0 Å². The number of hydrogen-bond acceptors (Lipinski definition) is 3. The first-order valence-electron chi connectivity index (χ1n) is 8.37. The molecule has 5 heteroatoms. The Hall–Kier alpha value is -2.82. The van der Waals surface area contributed by atoms with Crippen LogP contribution < -0.4 is 15.4 Å². The van der Waals surface area contributed by atoms with E-state index in [1.165, 1.54) is 12.5 Å². The first kappa shape index (κ1) is 18.5. The molecule has 0 saturated heterocycles. The topological polar surface area (TPSA) is 67.4 Å². The van der Waals surface area contributed by atoms with Crippen LogP contribution in [0.3, 0.4) is 0 Å². The molecule has 0 saturated carbocycles. The molecule has 0 aliphatic rings. The normalized spacial score (nSPS) is 10.2. The first-order valence-corrected chi connectivity index (χ1v) is 8.37. The van der Waals surface area contributed by atoms with Crippen LogP contribution in [0.1, 0.15) is 31.4 Å². The van der Waals surface area contributed by atoms with Gasteiger partial charge in [0.15, 0.2) is 0 Å². The lowest BCUT2D eigenvalue weighted by Crippen LogP contribution is -2.16. The fraction of sp³-hybridized carbons (Fsp3) is 0.300. The Morgan fingerprint density at radius 1 is 1.04 bits per heavy atom. The quantitative estimate of drug-likeness (QED) is 0.803. The van der Waals surface area contributed by atoms with E-state index in [9.17, 15) is 9.59 Å². The molecule has 132 valence electrons. The highest BCUT2D eigenvalue weighted by Gasteiger charge is 2.07. The zero-order valence-corrected chi connectivity index (χ0v) is 14.9. The molecule has 2 aromatic carbocycles. The van der Waals surface area contributed by atoms with Crippen LogP contribution in [0, 0.1) is 6.92 Å². The van der Waals surface area contributed by atoms with Crippen molar-refractivity contribution in [2.45, 2.75) is 33.6 Å². The molecule has 0 aliphatic carbocycles. The molecule has 5 nitrogen and oxygen atoms in total. The average Bonchev–Trinajstić information content (AvgIpc) is 2.58. The molecule has 0 fully saturated rings. The number of aryl methyl sites for hydroxylation is 2. The Bertz CT molecular complexity index is 739. The van der Waals surface area contributed by atoms with Gasteiger partial charge in [0.1, 0.15) is 5.75 Å². The van der Waals surface area contributed by atoms with E-state index in [2.05, 4.69) is 17.6 Å². The second-order valence-corrected chi connectivity index (χ2v) is 5.86. The van der Waals surface area contributed by atoms with Crippen LogP contribution >= 0.6 is 0 Å². The van der Waals surface area contributed by atoms with E-state index >= 15 is 0 Å². The van der Waals surface area contributed by atoms with E-state index in [-0.39, 0.29) is 18.2 Å². The number of carbonyl (C=O) groups excluding carboxylic acids is 2. The number of anilines is 2. The van der Waals surface area contributed by atoms with Gasteiger partial charge in [0, 0.05) is 18.3 Å². The third kappa shape index (κ3) is 5.95. The lowest BCUT2D eigenvalue weighted by molar-refractivity contribution is -0.116. The van der Waals surface area contributed by atoms with Gasteiger partial charge in [-0.3, -0.25) is 9.59 Å². The largest absolute Gasteiger partial charge is 0.493 e. The summed E-state index contributed by atoms with van der Waals surface area (Å²) in [5.41, 5.74) is 3.52. The summed E-state index contributed by atoms with van der Waals surface area (Å²) in [5.74, 6) is 0.478. The second-order valence-electron chi connectivity index (χ2n) is 5.86. The SMILES string of the molecule is CCc1ccc(OCCC(=O)Nc2cc(NC(C)=O)ccc2C)cc1. The summed E-state index contributed by atoms with van der Waals surface area (Å²) in [7, 11) is 0. The van der Waals surface area contributed by atoms with Gasteiger partial charge in [-0.15, -0.1) is 0 Å². The Morgan fingerprint density at radius 3 is 2.40 bits per heavy atom. The van der Waals surface area contributed by atoms with Crippen LogP contribution in [0.15, 0.2) is 42.5 Å². The highest BCUT2D eigenvalue weighted by Crippen LogP contribution is 2.20.